The normalized spacial score (nSPS) is 22.3. The van der Waals surface area contributed by atoms with Gasteiger partial charge in [0.05, 0.1) is 6.20 Å². The molecule has 1 aromatic heterocycles. The molecule has 5 heterocycles. The summed E-state index contributed by atoms with van der Waals surface area (Å²) in [6.07, 6.45) is 6.52. The molecule has 2 amide bonds. The first-order chi connectivity index (χ1) is 20.0. The Balaban J connectivity index is 1.09. The zero-order valence-electron chi connectivity index (χ0n) is 23.4. The molecule has 0 aliphatic carbocycles. The summed E-state index contributed by atoms with van der Waals surface area (Å²) in [4.78, 5) is 35.4. The molecule has 0 N–H and O–H groups in total. The second kappa shape index (κ2) is 10.5. The highest BCUT2D eigenvalue weighted by atomic mass is 16.5. The molecule has 1 spiro atoms. The number of benzene rings is 2. The highest BCUT2D eigenvalue weighted by molar-refractivity contribution is 6.15. The molecular formula is C32H35N5O4. The van der Waals surface area contributed by atoms with Crippen LogP contribution in [0.3, 0.4) is 0 Å². The molecule has 41 heavy (non-hydrogen) atoms. The van der Waals surface area contributed by atoms with Crippen LogP contribution >= 0.6 is 0 Å². The van der Waals surface area contributed by atoms with Gasteiger partial charge in [-0.3, -0.25) is 24.2 Å². The minimum Gasteiger partial charge on any atom is -0.381 e. The fraction of sp³-hybridized carbons (Fsp3) is 0.438. The second-order valence-electron chi connectivity index (χ2n) is 11.7. The molecule has 4 aliphatic heterocycles. The van der Waals surface area contributed by atoms with Crippen LogP contribution in [-0.4, -0.2) is 88.3 Å². The van der Waals surface area contributed by atoms with Gasteiger partial charge in [-0.1, -0.05) is 48.5 Å². The first-order valence-corrected chi connectivity index (χ1v) is 14.6. The number of hydrogen-bond acceptors (Lipinski definition) is 6. The minimum atomic E-state index is -0.745. The maximum Gasteiger partial charge on any atom is 0.256 e. The van der Waals surface area contributed by atoms with Gasteiger partial charge in [-0.05, 0) is 29.5 Å². The molecule has 0 radical (unpaired) electrons. The number of amidine groups is 1. The summed E-state index contributed by atoms with van der Waals surface area (Å²) in [6.45, 7) is 3.61. The van der Waals surface area contributed by atoms with Crippen molar-refractivity contribution in [2.45, 2.75) is 37.3 Å². The molecule has 4 aliphatic rings. The van der Waals surface area contributed by atoms with E-state index in [2.05, 4.69) is 53.6 Å². The van der Waals surface area contributed by atoms with Gasteiger partial charge in [0.25, 0.3) is 11.8 Å². The van der Waals surface area contributed by atoms with Gasteiger partial charge < -0.3 is 14.4 Å². The van der Waals surface area contributed by atoms with Crippen molar-refractivity contribution in [1.29, 1.82) is 0 Å². The van der Waals surface area contributed by atoms with Crippen molar-refractivity contribution in [1.82, 2.24) is 19.6 Å². The minimum absolute atomic E-state index is 0.0646. The molecule has 2 aromatic carbocycles. The maximum absolute atomic E-state index is 13.9. The van der Waals surface area contributed by atoms with Crippen LogP contribution in [0.4, 0.5) is 0 Å². The number of aliphatic imine (C=N–C) groups is 1. The molecule has 212 valence electrons. The largest absolute Gasteiger partial charge is 0.381 e. The van der Waals surface area contributed by atoms with Crippen molar-refractivity contribution >= 4 is 17.6 Å². The number of aromatic nitrogens is 2. The number of amides is 2. The van der Waals surface area contributed by atoms with Crippen LogP contribution in [0.5, 0.6) is 0 Å². The average Bonchev–Trinajstić information content (AvgIpc) is 3.73. The van der Waals surface area contributed by atoms with E-state index >= 15 is 0 Å². The molecule has 0 bridgehead atoms. The van der Waals surface area contributed by atoms with Crippen molar-refractivity contribution in [2.24, 2.45) is 18.0 Å². The fourth-order valence-corrected chi connectivity index (χ4v) is 6.42. The summed E-state index contributed by atoms with van der Waals surface area (Å²) < 4.78 is 13.0. The van der Waals surface area contributed by atoms with Gasteiger partial charge >= 0.3 is 0 Å². The smallest absolute Gasteiger partial charge is 0.256 e. The monoisotopic (exact) mass is 553 g/mol. The third-order valence-electron chi connectivity index (χ3n) is 8.85. The van der Waals surface area contributed by atoms with Crippen molar-refractivity contribution in [2.75, 3.05) is 39.5 Å². The number of carbonyl (C=O) groups is 2. The van der Waals surface area contributed by atoms with E-state index in [-0.39, 0.29) is 23.8 Å². The Hall–Kier alpha value is -3.82. The summed E-state index contributed by atoms with van der Waals surface area (Å²) in [5, 5.41) is 4.27. The summed E-state index contributed by atoms with van der Waals surface area (Å²) in [5.74, 6) is 1.11. The number of carbonyl (C=O) groups excluding carboxylic acids is 2. The van der Waals surface area contributed by atoms with E-state index in [0.717, 1.165) is 46.5 Å². The van der Waals surface area contributed by atoms with E-state index < -0.39 is 5.54 Å². The van der Waals surface area contributed by atoms with Crippen LogP contribution in [0.2, 0.25) is 0 Å². The lowest BCUT2D eigenvalue weighted by molar-refractivity contribution is -0.148. The molecular weight excluding hydrogens is 518 g/mol. The number of nitrogens with zero attached hydrogens (tertiary/aromatic N) is 5. The van der Waals surface area contributed by atoms with Crippen molar-refractivity contribution < 1.29 is 19.1 Å². The van der Waals surface area contributed by atoms with Crippen molar-refractivity contribution in [3.63, 3.8) is 0 Å². The van der Waals surface area contributed by atoms with Crippen LogP contribution in [-0.2, 0) is 26.1 Å². The SMILES string of the molecule is Cn1cc(-c2ccc(-c3ccc(C4=NC5(CCOCC5)C(=O)N4CC4CN(C(=O)C5CCCO5)C4)cc3)cc2)cn1. The van der Waals surface area contributed by atoms with Gasteiger partial charge in [0.15, 0.2) is 0 Å². The van der Waals surface area contributed by atoms with Gasteiger partial charge in [-0.15, -0.1) is 0 Å². The molecule has 3 fully saturated rings. The van der Waals surface area contributed by atoms with Gasteiger partial charge in [0, 0.05) is 82.6 Å². The summed E-state index contributed by atoms with van der Waals surface area (Å²) >= 11 is 0. The number of aryl methyl sites for hydroxylation is 1. The highest BCUT2D eigenvalue weighted by Gasteiger charge is 2.50. The summed E-state index contributed by atoms with van der Waals surface area (Å²) in [5.41, 5.74) is 4.63. The Labute approximate surface area is 239 Å². The standard InChI is InChI=1S/C32H35N5O4/c1-35-21-27(17-33-35)25-6-4-23(5-7-25)24-8-10-26(11-9-24)29-34-32(12-15-40-16-13-32)31(39)37(29)20-22-18-36(19-22)30(38)28-3-2-14-41-28/h4-11,17,21-22,28H,2-3,12-16,18-20H2,1H3. The third-order valence-corrected chi connectivity index (χ3v) is 8.85. The lowest BCUT2D eigenvalue weighted by Gasteiger charge is -2.42. The molecule has 1 unspecified atom stereocenters. The van der Waals surface area contributed by atoms with Crippen LogP contribution < -0.4 is 0 Å². The Bertz CT molecular complexity index is 1460. The van der Waals surface area contributed by atoms with E-state index in [1.807, 2.05) is 29.2 Å². The molecule has 3 aromatic rings. The molecule has 9 heteroatoms. The van der Waals surface area contributed by atoms with Crippen molar-refractivity contribution in [3.8, 4) is 22.3 Å². The van der Waals surface area contributed by atoms with Crippen LogP contribution in [0.15, 0.2) is 65.9 Å². The zero-order valence-corrected chi connectivity index (χ0v) is 23.4. The molecule has 1 atom stereocenters. The van der Waals surface area contributed by atoms with Crippen LogP contribution in [0.25, 0.3) is 22.3 Å². The predicted molar refractivity (Wildman–Crippen MR) is 154 cm³/mol. The first kappa shape index (κ1) is 26.1. The number of hydrogen-bond donors (Lipinski definition) is 0. The lowest BCUT2D eigenvalue weighted by Crippen LogP contribution is -2.57. The van der Waals surface area contributed by atoms with E-state index in [1.165, 1.54) is 0 Å². The average molecular weight is 554 g/mol. The Morgan fingerprint density at radius 1 is 0.927 bits per heavy atom. The second-order valence-corrected chi connectivity index (χ2v) is 11.7. The van der Waals surface area contributed by atoms with Gasteiger partial charge in [-0.25, -0.2) is 0 Å². The number of ether oxygens (including phenoxy) is 2. The van der Waals surface area contributed by atoms with E-state index in [4.69, 9.17) is 14.5 Å². The van der Waals surface area contributed by atoms with Gasteiger partial charge in [-0.2, -0.15) is 5.10 Å². The number of rotatable bonds is 6. The highest BCUT2D eigenvalue weighted by Crippen LogP contribution is 2.36. The van der Waals surface area contributed by atoms with Gasteiger partial charge in [0.1, 0.15) is 17.5 Å². The van der Waals surface area contributed by atoms with Crippen LogP contribution in [0.1, 0.15) is 31.2 Å². The number of likely N-dealkylation sites (tertiary alicyclic amines) is 1. The maximum atomic E-state index is 13.9. The topological polar surface area (TPSA) is 89.3 Å². The first-order valence-electron chi connectivity index (χ1n) is 14.6. The predicted octanol–water partition coefficient (Wildman–Crippen LogP) is 3.53. The van der Waals surface area contributed by atoms with E-state index in [1.54, 1.807) is 4.68 Å². The fourth-order valence-electron chi connectivity index (χ4n) is 6.42. The molecule has 3 saturated heterocycles. The van der Waals surface area contributed by atoms with Gasteiger partial charge in [0.2, 0.25) is 0 Å². The lowest BCUT2D eigenvalue weighted by atomic mass is 9.90. The van der Waals surface area contributed by atoms with E-state index in [0.29, 0.717) is 52.3 Å². The third kappa shape index (κ3) is 4.87. The van der Waals surface area contributed by atoms with Crippen molar-refractivity contribution in [3.05, 3.63) is 66.5 Å². The molecule has 9 nitrogen and oxygen atoms in total. The molecule has 0 saturated carbocycles. The Morgan fingerprint density at radius 3 is 2.15 bits per heavy atom. The van der Waals surface area contributed by atoms with E-state index in [9.17, 15) is 9.59 Å². The molecule has 7 rings (SSSR count). The quantitative estimate of drug-likeness (QED) is 0.466. The van der Waals surface area contributed by atoms with Crippen LogP contribution in [0, 0.1) is 5.92 Å². The zero-order chi connectivity index (χ0) is 28.0. The Morgan fingerprint density at radius 2 is 1.56 bits per heavy atom. The summed E-state index contributed by atoms with van der Waals surface area (Å²) in [6, 6.07) is 16.8. The Kier molecular flexibility index (Phi) is 6.71. The summed E-state index contributed by atoms with van der Waals surface area (Å²) in [7, 11) is 1.92.